The highest BCUT2D eigenvalue weighted by Crippen LogP contribution is 2.42. The Hall–Kier alpha value is -1.55. The van der Waals surface area contributed by atoms with Crippen LogP contribution in [0.4, 0.5) is 0 Å². The van der Waals surface area contributed by atoms with Crippen LogP contribution in [0.5, 0.6) is 0 Å². The third kappa shape index (κ3) is 2.08. The van der Waals surface area contributed by atoms with E-state index in [0.29, 0.717) is 11.6 Å². The van der Waals surface area contributed by atoms with Crippen LogP contribution in [-0.4, -0.2) is 10.5 Å². The average Bonchev–Trinajstić information content (AvgIpc) is 3.17. The number of hydrogen-bond acceptors (Lipinski definition) is 1. The number of halogens is 1. The van der Waals surface area contributed by atoms with Crippen LogP contribution in [0, 0.1) is 13.8 Å². The topological polar surface area (TPSA) is 48.0 Å². The summed E-state index contributed by atoms with van der Waals surface area (Å²) in [4.78, 5) is 11.9. The van der Waals surface area contributed by atoms with Gasteiger partial charge >= 0.3 is 0 Å². The summed E-state index contributed by atoms with van der Waals surface area (Å²) in [6, 6.07) is 8.56. The number of aromatic nitrogens is 1. The van der Waals surface area contributed by atoms with Gasteiger partial charge in [0.15, 0.2) is 0 Å². The second-order valence-electron chi connectivity index (χ2n) is 5.39. The lowest BCUT2D eigenvalue weighted by Gasteiger charge is -2.07. The van der Waals surface area contributed by atoms with E-state index in [0.717, 1.165) is 27.0 Å². The van der Waals surface area contributed by atoms with Gasteiger partial charge in [-0.25, -0.2) is 0 Å². The van der Waals surface area contributed by atoms with Crippen molar-refractivity contribution in [2.75, 3.05) is 0 Å². The minimum Gasteiger partial charge on any atom is -0.366 e. The van der Waals surface area contributed by atoms with Crippen molar-refractivity contribution in [2.24, 2.45) is 5.73 Å². The molecule has 2 N–H and O–H groups in total. The zero-order valence-corrected chi connectivity index (χ0v) is 13.2. The molecule has 1 aromatic carbocycles. The van der Waals surface area contributed by atoms with Gasteiger partial charge in [-0.15, -0.1) is 0 Å². The molecule has 1 amide bonds. The van der Waals surface area contributed by atoms with Crippen molar-refractivity contribution in [1.82, 2.24) is 4.57 Å². The molecule has 0 spiro atoms. The molecular weight excluding hydrogens is 316 g/mol. The summed E-state index contributed by atoms with van der Waals surface area (Å²) in [6.45, 7) is 4.07. The second-order valence-corrected chi connectivity index (χ2v) is 6.31. The largest absolute Gasteiger partial charge is 0.366 e. The average molecular weight is 333 g/mol. The minimum absolute atomic E-state index is 0.345. The fraction of sp³-hybridized carbons (Fsp3) is 0.312. The van der Waals surface area contributed by atoms with Crippen LogP contribution in [0.1, 0.15) is 40.6 Å². The molecule has 1 saturated carbocycles. The molecule has 0 saturated heterocycles. The highest BCUT2D eigenvalue weighted by molar-refractivity contribution is 9.10. The highest BCUT2D eigenvalue weighted by atomic mass is 79.9. The molecule has 0 atom stereocenters. The number of carbonyl (C=O) groups excluding carboxylic acids is 1. The highest BCUT2D eigenvalue weighted by Gasteiger charge is 2.31. The van der Waals surface area contributed by atoms with E-state index in [4.69, 9.17) is 5.73 Å². The van der Waals surface area contributed by atoms with Gasteiger partial charge in [-0.2, -0.15) is 0 Å². The van der Waals surface area contributed by atoms with Gasteiger partial charge in [-0.05, 0) is 44.4 Å². The minimum atomic E-state index is -0.345. The summed E-state index contributed by atoms with van der Waals surface area (Å²) in [5.41, 5.74) is 10.4. The summed E-state index contributed by atoms with van der Waals surface area (Å²) in [7, 11) is 0. The number of carbonyl (C=O) groups is 1. The molecule has 20 heavy (non-hydrogen) atoms. The van der Waals surface area contributed by atoms with Gasteiger partial charge in [0, 0.05) is 27.5 Å². The normalized spacial score (nSPS) is 14.6. The standard InChI is InChI=1S/C16H17BrN2O/c1-9-14(11-3-5-12(17)6-4-11)15(16(18)20)10(2)19(9)13-7-8-13/h3-6,13H,7-8H2,1-2H3,(H2,18,20). The molecule has 1 heterocycles. The maximum absolute atomic E-state index is 11.9. The third-order valence-corrected chi connectivity index (χ3v) is 4.52. The Morgan fingerprint density at radius 2 is 1.80 bits per heavy atom. The fourth-order valence-electron chi connectivity index (χ4n) is 3.01. The van der Waals surface area contributed by atoms with Gasteiger partial charge in [0.25, 0.3) is 5.91 Å². The molecule has 1 aliphatic carbocycles. The molecule has 0 bridgehead atoms. The van der Waals surface area contributed by atoms with Crippen molar-refractivity contribution in [2.45, 2.75) is 32.7 Å². The van der Waals surface area contributed by atoms with Gasteiger partial charge in [0.1, 0.15) is 0 Å². The molecule has 2 aromatic rings. The van der Waals surface area contributed by atoms with E-state index in [2.05, 4.69) is 27.4 Å². The van der Waals surface area contributed by atoms with Gasteiger partial charge in [-0.3, -0.25) is 4.79 Å². The van der Waals surface area contributed by atoms with Crippen molar-refractivity contribution < 1.29 is 4.79 Å². The van der Waals surface area contributed by atoms with Crippen molar-refractivity contribution >= 4 is 21.8 Å². The Labute approximate surface area is 126 Å². The molecule has 1 fully saturated rings. The van der Waals surface area contributed by atoms with E-state index in [9.17, 15) is 4.79 Å². The zero-order chi connectivity index (χ0) is 14.4. The van der Waals surface area contributed by atoms with E-state index in [1.807, 2.05) is 31.2 Å². The van der Waals surface area contributed by atoms with Crippen molar-refractivity contribution in [3.8, 4) is 11.1 Å². The molecule has 0 unspecified atom stereocenters. The predicted molar refractivity (Wildman–Crippen MR) is 83.8 cm³/mol. The van der Waals surface area contributed by atoms with Crippen LogP contribution < -0.4 is 5.73 Å². The van der Waals surface area contributed by atoms with Crippen molar-refractivity contribution in [3.05, 3.63) is 45.7 Å². The molecule has 3 nitrogen and oxygen atoms in total. The maximum Gasteiger partial charge on any atom is 0.251 e. The Balaban J connectivity index is 2.25. The SMILES string of the molecule is Cc1c(C(N)=O)c(-c2ccc(Br)cc2)c(C)n1C1CC1. The number of rotatable bonds is 3. The van der Waals surface area contributed by atoms with Gasteiger partial charge < -0.3 is 10.3 Å². The van der Waals surface area contributed by atoms with Gasteiger partial charge in [0.2, 0.25) is 0 Å². The van der Waals surface area contributed by atoms with Gasteiger partial charge in [0.05, 0.1) is 5.56 Å². The zero-order valence-electron chi connectivity index (χ0n) is 11.6. The molecular formula is C16H17BrN2O. The first kappa shape index (κ1) is 13.4. The number of hydrogen-bond donors (Lipinski definition) is 1. The van der Waals surface area contributed by atoms with E-state index >= 15 is 0 Å². The lowest BCUT2D eigenvalue weighted by atomic mass is 10.0. The number of nitrogens with zero attached hydrogens (tertiary/aromatic N) is 1. The number of nitrogens with two attached hydrogens (primary N) is 1. The molecule has 3 rings (SSSR count). The summed E-state index contributed by atoms with van der Waals surface area (Å²) in [5.74, 6) is -0.345. The van der Waals surface area contributed by atoms with Crippen LogP contribution in [0.3, 0.4) is 0 Å². The molecule has 1 aromatic heterocycles. The second kappa shape index (κ2) is 4.77. The van der Waals surface area contributed by atoms with Crippen LogP contribution in [0.25, 0.3) is 11.1 Å². The molecule has 4 heteroatoms. The first-order valence-electron chi connectivity index (χ1n) is 6.78. The monoisotopic (exact) mass is 332 g/mol. The molecule has 104 valence electrons. The van der Waals surface area contributed by atoms with E-state index in [1.54, 1.807) is 0 Å². The Morgan fingerprint density at radius 3 is 2.30 bits per heavy atom. The number of amides is 1. The quantitative estimate of drug-likeness (QED) is 0.908. The van der Waals surface area contributed by atoms with Crippen molar-refractivity contribution in [3.63, 3.8) is 0 Å². The van der Waals surface area contributed by atoms with E-state index in [-0.39, 0.29) is 5.91 Å². The summed E-state index contributed by atoms with van der Waals surface area (Å²) < 4.78 is 3.30. The molecule has 0 aliphatic heterocycles. The predicted octanol–water partition coefficient (Wildman–Crippen LogP) is 3.97. The Morgan fingerprint density at radius 1 is 1.20 bits per heavy atom. The summed E-state index contributed by atoms with van der Waals surface area (Å²) >= 11 is 3.44. The van der Waals surface area contributed by atoms with Crippen molar-refractivity contribution in [1.29, 1.82) is 0 Å². The van der Waals surface area contributed by atoms with E-state index < -0.39 is 0 Å². The van der Waals surface area contributed by atoms with Crippen LogP contribution in [0.2, 0.25) is 0 Å². The number of benzene rings is 1. The Kier molecular flexibility index (Phi) is 3.21. The maximum atomic E-state index is 11.9. The molecule has 1 aliphatic rings. The Bertz CT molecular complexity index is 681. The number of primary amides is 1. The summed E-state index contributed by atoms with van der Waals surface area (Å²) in [5, 5.41) is 0. The molecule has 0 radical (unpaired) electrons. The fourth-order valence-corrected chi connectivity index (χ4v) is 3.27. The third-order valence-electron chi connectivity index (χ3n) is 3.99. The van der Waals surface area contributed by atoms with Gasteiger partial charge in [-0.1, -0.05) is 28.1 Å². The van der Waals surface area contributed by atoms with Crippen LogP contribution in [0.15, 0.2) is 28.7 Å². The van der Waals surface area contributed by atoms with E-state index in [1.165, 1.54) is 12.8 Å². The smallest absolute Gasteiger partial charge is 0.251 e. The summed E-state index contributed by atoms with van der Waals surface area (Å²) in [6.07, 6.45) is 2.38. The van der Waals surface area contributed by atoms with Crippen LogP contribution in [-0.2, 0) is 0 Å². The lowest BCUT2D eigenvalue weighted by Crippen LogP contribution is -2.13. The lowest BCUT2D eigenvalue weighted by molar-refractivity contribution is 0.1000. The first-order valence-corrected chi connectivity index (χ1v) is 7.57. The van der Waals surface area contributed by atoms with Crippen LogP contribution >= 0.6 is 15.9 Å². The first-order chi connectivity index (χ1) is 9.50.